The maximum atomic E-state index is 14.9. The van der Waals surface area contributed by atoms with Crippen molar-refractivity contribution in [2.24, 2.45) is 0 Å². The van der Waals surface area contributed by atoms with Crippen LogP contribution in [0.1, 0.15) is 51.9 Å². The second-order valence-corrected chi connectivity index (χ2v) is 10.1. The van der Waals surface area contributed by atoms with E-state index in [2.05, 4.69) is 10.1 Å². The van der Waals surface area contributed by atoms with Crippen LogP contribution in [0.4, 0.5) is 4.39 Å². The van der Waals surface area contributed by atoms with Gasteiger partial charge in [0.1, 0.15) is 52.8 Å². The number of aromatic amines is 1. The van der Waals surface area contributed by atoms with E-state index >= 15 is 0 Å². The van der Waals surface area contributed by atoms with E-state index < -0.39 is 23.7 Å². The molecule has 5 aromatic rings. The summed E-state index contributed by atoms with van der Waals surface area (Å²) in [6.45, 7) is 3.18. The Morgan fingerprint density at radius 3 is 2.80 bits per heavy atom. The molecule has 0 radical (unpaired) electrons. The number of methoxy groups -OCH3 is 1. The number of aromatic nitrogens is 2. The molecule has 11 heteroatoms. The molecule has 1 atom stereocenters. The van der Waals surface area contributed by atoms with E-state index in [0.717, 1.165) is 22.2 Å². The van der Waals surface area contributed by atoms with Gasteiger partial charge in [0.05, 0.1) is 23.4 Å². The van der Waals surface area contributed by atoms with Crippen LogP contribution in [0.5, 0.6) is 5.75 Å². The number of nitrogens with one attached hydrogen (secondary N) is 1. The predicted molar refractivity (Wildman–Crippen MR) is 147 cm³/mol. The van der Waals surface area contributed by atoms with E-state index in [-0.39, 0.29) is 34.2 Å². The van der Waals surface area contributed by atoms with E-state index in [1.807, 2.05) is 18.2 Å². The summed E-state index contributed by atoms with van der Waals surface area (Å²) in [4.78, 5) is 30.8. The number of H-pyrrole nitrogens is 1. The number of hydrogen-bond acceptors (Lipinski definition) is 7. The van der Waals surface area contributed by atoms with Crippen molar-refractivity contribution in [3.8, 4) is 17.0 Å². The average Bonchev–Trinajstić information content (AvgIpc) is 3.67. The molecule has 0 fully saturated rings. The molecule has 1 N–H and O–H groups in total. The van der Waals surface area contributed by atoms with Crippen molar-refractivity contribution >= 4 is 34.4 Å². The van der Waals surface area contributed by atoms with Gasteiger partial charge in [-0.3, -0.25) is 9.59 Å². The first-order valence-corrected chi connectivity index (χ1v) is 13.3. The number of furan rings is 1. The standard InChI is InChI=1S/C30H25ClFN3O6/c1-15-25(28(34-41-15)26-21(31)5-4-6-22(26)32)30(37)35-12-11-19-20-13-17(38-3)7-9-23(20)33-27(19)29(35)24-10-8-18(40-24)14-39-16(2)36/h4-10,13,29,33H,11-12,14H2,1-3H3. The quantitative estimate of drug-likeness (QED) is 0.233. The van der Waals surface area contributed by atoms with Crippen molar-refractivity contribution in [1.29, 1.82) is 0 Å². The Bertz CT molecular complexity index is 1780. The first-order valence-electron chi connectivity index (χ1n) is 12.9. The largest absolute Gasteiger partial charge is 0.497 e. The third-order valence-corrected chi connectivity index (χ3v) is 7.56. The zero-order chi connectivity index (χ0) is 28.8. The Kier molecular flexibility index (Phi) is 6.78. The van der Waals surface area contributed by atoms with Crippen molar-refractivity contribution in [3.05, 3.63) is 93.5 Å². The van der Waals surface area contributed by atoms with Gasteiger partial charge in [0.15, 0.2) is 0 Å². The summed E-state index contributed by atoms with van der Waals surface area (Å²) in [7, 11) is 1.61. The predicted octanol–water partition coefficient (Wildman–Crippen LogP) is 6.38. The Balaban J connectivity index is 1.48. The Hall–Kier alpha value is -4.57. The average molecular weight is 578 g/mol. The topological polar surface area (TPSA) is 111 Å². The number of halogens is 2. The highest BCUT2D eigenvalue weighted by atomic mass is 35.5. The van der Waals surface area contributed by atoms with Crippen LogP contribution in [0.2, 0.25) is 5.02 Å². The van der Waals surface area contributed by atoms with Gasteiger partial charge in [-0.1, -0.05) is 22.8 Å². The lowest BCUT2D eigenvalue weighted by molar-refractivity contribution is -0.142. The van der Waals surface area contributed by atoms with Crippen molar-refractivity contribution in [3.63, 3.8) is 0 Å². The summed E-state index contributed by atoms with van der Waals surface area (Å²) >= 11 is 6.34. The van der Waals surface area contributed by atoms with Gasteiger partial charge < -0.3 is 28.3 Å². The second kappa shape index (κ2) is 10.4. The fraction of sp³-hybridized carbons (Fsp3) is 0.233. The van der Waals surface area contributed by atoms with Crippen LogP contribution in [-0.2, 0) is 22.6 Å². The number of hydrogen-bond donors (Lipinski definition) is 1. The molecule has 3 aromatic heterocycles. The Morgan fingerprint density at radius 2 is 2.05 bits per heavy atom. The zero-order valence-electron chi connectivity index (χ0n) is 22.4. The summed E-state index contributed by atoms with van der Waals surface area (Å²) in [5.74, 6) is 0.331. The van der Waals surface area contributed by atoms with Gasteiger partial charge in [-0.25, -0.2) is 4.39 Å². The van der Waals surface area contributed by atoms with Crippen LogP contribution < -0.4 is 4.74 Å². The Morgan fingerprint density at radius 1 is 1.22 bits per heavy atom. The van der Waals surface area contributed by atoms with Crippen LogP contribution in [0.25, 0.3) is 22.2 Å². The summed E-state index contributed by atoms with van der Waals surface area (Å²) in [5.41, 5.74) is 2.78. The van der Waals surface area contributed by atoms with Gasteiger partial charge in [-0.2, -0.15) is 0 Å². The molecule has 6 rings (SSSR count). The lowest BCUT2D eigenvalue weighted by atomic mass is 9.94. The molecule has 1 aliphatic heterocycles. The molecule has 41 heavy (non-hydrogen) atoms. The molecular formula is C30H25ClFN3O6. The monoisotopic (exact) mass is 577 g/mol. The maximum Gasteiger partial charge on any atom is 0.303 e. The molecular weight excluding hydrogens is 553 g/mol. The normalized spacial score (nSPS) is 14.8. The first kappa shape index (κ1) is 26.6. The molecule has 0 bridgehead atoms. The highest BCUT2D eigenvalue weighted by Crippen LogP contribution is 2.42. The highest BCUT2D eigenvalue weighted by Gasteiger charge is 2.39. The van der Waals surface area contributed by atoms with Gasteiger partial charge in [-0.05, 0) is 61.4 Å². The van der Waals surface area contributed by atoms with Gasteiger partial charge in [0, 0.05) is 24.4 Å². The third-order valence-electron chi connectivity index (χ3n) is 7.24. The molecule has 210 valence electrons. The van der Waals surface area contributed by atoms with Crippen LogP contribution >= 0.6 is 11.6 Å². The van der Waals surface area contributed by atoms with E-state index in [0.29, 0.717) is 30.2 Å². The lowest BCUT2D eigenvalue weighted by Crippen LogP contribution is -2.40. The molecule has 9 nitrogen and oxygen atoms in total. The van der Waals surface area contributed by atoms with Crippen molar-refractivity contribution in [2.75, 3.05) is 13.7 Å². The summed E-state index contributed by atoms with van der Waals surface area (Å²) < 4.78 is 37.0. The van der Waals surface area contributed by atoms with Crippen LogP contribution in [0, 0.1) is 12.7 Å². The SMILES string of the molecule is COc1ccc2[nH]c3c(c2c1)CCN(C(=O)c1c(-c2c(F)cccc2Cl)noc1C)C3c1ccc(COC(C)=O)o1. The molecule has 2 aromatic carbocycles. The molecule has 1 unspecified atom stereocenters. The zero-order valence-corrected chi connectivity index (χ0v) is 23.2. The molecule has 1 aliphatic rings. The number of carbonyl (C=O) groups is 2. The summed E-state index contributed by atoms with van der Waals surface area (Å²) in [5, 5.41) is 5.11. The lowest BCUT2D eigenvalue weighted by Gasteiger charge is -2.34. The number of fused-ring (bicyclic) bond motifs is 3. The number of amides is 1. The highest BCUT2D eigenvalue weighted by molar-refractivity contribution is 6.33. The second-order valence-electron chi connectivity index (χ2n) is 9.72. The number of aryl methyl sites for hydroxylation is 1. The number of benzene rings is 2. The minimum atomic E-state index is -0.686. The van der Waals surface area contributed by atoms with Crippen molar-refractivity contribution in [1.82, 2.24) is 15.0 Å². The van der Waals surface area contributed by atoms with E-state index in [9.17, 15) is 14.0 Å². The first-order chi connectivity index (χ1) is 19.8. The number of carbonyl (C=O) groups excluding carboxylic acids is 2. The fourth-order valence-electron chi connectivity index (χ4n) is 5.36. The minimum absolute atomic E-state index is 0.0111. The van der Waals surface area contributed by atoms with Crippen molar-refractivity contribution < 1.29 is 32.4 Å². The van der Waals surface area contributed by atoms with E-state index in [4.69, 9.17) is 30.0 Å². The third kappa shape index (κ3) is 4.63. The van der Waals surface area contributed by atoms with Gasteiger partial charge in [-0.15, -0.1) is 0 Å². The number of rotatable bonds is 6. The van der Waals surface area contributed by atoms with Crippen molar-refractivity contribution in [2.45, 2.75) is 32.9 Å². The molecule has 0 aliphatic carbocycles. The molecule has 0 saturated carbocycles. The van der Waals surface area contributed by atoms with E-state index in [1.165, 1.54) is 25.1 Å². The van der Waals surface area contributed by atoms with E-state index in [1.54, 1.807) is 31.1 Å². The van der Waals surface area contributed by atoms with Gasteiger partial charge >= 0.3 is 5.97 Å². The van der Waals surface area contributed by atoms with Crippen LogP contribution in [-0.4, -0.2) is 40.6 Å². The van der Waals surface area contributed by atoms with Gasteiger partial charge in [0.2, 0.25) is 0 Å². The Labute approximate surface area is 238 Å². The molecule has 1 amide bonds. The van der Waals surface area contributed by atoms with Gasteiger partial charge in [0.25, 0.3) is 5.91 Å². The van der Waals surface area contributed by atoms with Crippen LogP contribution in [0.3, 0.4) is 0 Å². The number of ether oxygens (including phenoxy) is 2. The summed E-state index contributed by atoms with van der Waals surface area (Å²) in [6.07, 6.45) is 0.534. The minimum Gasteiger partial charge on any atom is -0.497 e. The smallest absolute Gasteiger partial charge is 0.303 e. The maximum absolute atomic E-state index is 14.9. The van der Waals surface area contributed by atoms with Crippen LogP contribution in [0.15, 0.2) is 57.5 Å². The summed E-state index contributed by atoms with van der Waals surface area (Å²) in [6, 6.07) is 12.8. The number of esters is 1. The molecule has 0 spiro atoms. The molecule has 4 heterocycles. The number of nitrogens with zero attached hydrogens (tertiary/aromatic N) is 2. The fourth-order valence-corrected chi connectivity index (χ4v) is 5.62. The molecule has 0 saturated heterocycles.